The summed E-state index contributed by atoms with van der Waals surface area (Å²) >= 11 is 0. The van der Waals surface area contributed by atoms with E-state index in [0.717, 1.165) is 11.0 Å². The fourth-order valence-electron chi connectivity index (χ4n) is 2.06. The van der Waals surface area contributed by atoms with Crippen LogP contribution in [0.4, 0.5) is 10.1 Å². The van der Waals surface area contributed by atoms with Crippen LogP contribution in [0.25, 0.3) is 0 Å². The Kier molecular flexibility index (Phi) is 3.20. The van der Waals surface area contributed by atoms with Crippen molar-refractivity contribution in [2.75, 3.05) is 11.4 Å². The molecular formula is C12H10FNO5. The number of nitrogens with zero attached hydrogens (tertiary/aromatic N) is 1. The molecule has 2 N–H and O–H groups in total. The Morgan fingerprint density at radius 3 is 2.53 bits per heavy atom. The number of carboxylic acid groups (broad SMARTS) is 2. The molecule has 6 nitrogen and oxygen atoms in total. The van der Waals surface area contributed by atoms with Gasteiger partial charge in [0.15, 0.2) is 0 Å². The van der Waals surface area contributed by atoms with E-state index in [4.69, 9.17) is 10.2 Å². The number of hydrogen-bond donors (Lipinski definition) is 2. The molecule has 1 amide bonds. The number of carbonyl (C=O) groups is 3. The van der Waals surface area contributed by atoms with Crippen molar-refractivity contribution in [3.8, 4) is 0 Å². The van der Waals surface area contributed by atoms with Crippen molar-refractivity contribution in [3.05, 3.63) is 29.6 Å². The summed E-state index contributed by atoms with van der Waals surface area (Å²) in [6, 6.07) is 3.54. The number of carbonyl (C=O) groups excluding carboxylic acids is 1. The van der Waals surface area contributed by atoms with Crippen molar-refractivity contribution in [2.45, 2.75) is 6.42 Å². The Balaban J connectivity index is 2.43. The Hall–Kier alpha value is -2.44. The third-order valence-corrected chi connectivity index (χ3v) is 2.97. The van der Waals surface area contributed by atoms with Crippen molar-refractivity contribution in [2.24, 2.45) is 5.92 Å². The van der Waals surface area contributed by atoms with Crippen LogP contribution in [-0.2, 0) is 9.59 Å². The van der Waals surface area contributed by atoms with Crippen LogP contribution in [0.15, 0.2) is 18.2 Å². The molecule has 1 aliphatic heterocycles. The Morgan fingerprint density at radius 1 is 1.32 bits per heavy atom. The van der Waals surface area contributed by atoms with Gasteiger partial charge in [-0.1, -0.05) is 6.07 Å². The number of benzene rings is 1. The van der Waals surface area contributed by atoms with E-state index < -0.39 is 35.1 Å². The van der Waals surface area contributed by atoms with Crippen LogP contribution in [-0.4, -0.2) is 34.6 Å². The maximum Gasteiger partial charge on any atom is 0.340 e. The first kappa shape index (κ1) is 13.0. The topological polar surface area (TPSA) is 94.9 Å². The number of hydrogen-bond acceptors (Lipinski definition) is 3. The Bertz CT molecular complexity index is 571. The monoisotopic (exact) mass is 267 g/mol. The molecular weight excluding hydrogens is 257 g/mol. The summed E-state index contributed by atoms with van der Waals surface area (Å²) in [7, 11) is 0. The lowest BCUT2D eigenvalue weighted by atomic mass is 10.1. The lowest BCUT2D eigenvalue weighted by Crippen LogP contribution is -2.28. The van der Waals surface area contributed by atoms with Gasteiger partial charge in [0, 0.05) is 13.0 Å². The molecule has 7 heteroatoms. The minimum atomic E-state index is -1.50. The summed E-state index contributed by atoms with van der Waals surface area (Å²) in [6.45, 7) is -0.155. The van der Waals surface area contributed by atoms with E-state index in [1.807, 2.05) is 0 Å². The van der Waals surface area contributed by atoms with E-state index in [2.05, 4.69) is 0 Å². The lowest BCUT2D eigenvalue weighted by molar-refractivity contribution is -0.141. The van der Waals surface area contributed by atoms with Gasteiger partial charge in [-0.2, -0.15) is 0 Å². The minimum Gasteiger partial charge on any atom is -0.481 e. The fourth-order valence-corrected chi connectivity index (χ4v) is 2.06. The van der Waals surface area contributed by atoms with Crippen molar-refractivity contribution in [1.29, 1.82) is 0 Å². The van der Waals surface area contributed by atoms with E-state index in [1.165, 1.54) is 12.1 Å². The van der Waals surface area contributed by atoms with Gasteiger partial charge in [0.1, 0.15) is 11.4 Å². The SMILES string of the molecule is O=C(O)c1c(F)cccc1N1CC(C(=O)O)CC1=O. The van der Waals surface area contributed by atoms with Crippen molar-refractivity contribution in [1.82, 2.24) is 0 Å². The maximum absolute atomic E-state index is 13.5. The molecule has 1 aromatic rings. The highest BCUT2D eigenvalue weighted by Crippen LogP contribution is 2.29. The van der Waals surface area contributed by atoms with Gasteiger partial charge in [0.2, 0.25) is 5.91 Å². The minimum absolute atomic E-state index is 0.110. The van der Waals surface area contributed by atoms with E-state index in [9.17, 15) is 18.8 Å². The zero-order valence-electron chi connectivity index (χ0n) is 9.67. The van der Waals surface area contributed by atoms with Crippen molar-refractivity contribution < 1.29 is 29.0 Å². The van der Waals surface area contributed by atoms with Crippen molar-refractivity contribution in [3.63, 3.8) is 0 Å². The maximum atomic E-state index is 13.5. The second-order valence-corrected chi connectivity index (χ2v) is 4.18. The van der Waals surface area contributed by atoms with Crippen LogP contribution in [0.3, 0.4) is 0 Å². The highest BCUT2D eigenvalue weighted by Gasteiger charge is 2.37. The fraction of sp³-hybridized carbons (Fsp3) is 0.250. The van der Waals surface area contributed by atoms with Crippen LogP contribution in [0, 0.1) is 11.7 Å². The van der Waals surface area contributed by atoms with Crippen LogP contribution in [0.2, 0.25) is 0 Å². The molecule has 0 aromatic heterocycles. The average molecular weight is 267 g/mol. The summed E-state index contributed by atoms with van der Waals surface area (Å²) in [5.74, 6) is -5.03. The molecule has 1 atom stereocenters. The molecule has 0 bridgehead atoms. The third-order valence-electron chi connectivity index (χ3n) is 2.97. The predicted molar refractivity (Wildman–Crippen MR) is 61.5 cm³/mol. The summed E-state index contributed by atoms with van der Waals surface area (Å²) in [5.41, 5.74) is -0.733. The molecule has 19 heavy (non-hydrogen) atoms. The molecule has 1 aromatic carbocycles. The third kappa shape index (κ3) is 2.26. The van der Waals surface area contributed by atoms with Crippen LogP contribution in [0.1, 0.15) is 16.8 Å². The second kappa shape index (κ2) is 4.68. The summed E-state index contributed by atoms with van der Waals surface area (Å²) in [6.07, 6.45) is -0.217. The zero-order chi connectivity index (χ0) is 14.2. The number of carboxylic acids is 2. The molecule has 1 fully saturated rings. The predicted octanol–water partition coefficient (Wildman–Crippen LogP) is 0.961. The van der Waals surface area contributed by atoms with Gasteiger partial charge in [0.05, 0.1) is 11.6 Å². The quantitative estimate of drug-likeness (QED) is 0.850. The molecule has 1 unspecified atom stereocenters. The number of rotatable bonds is 3. The first-order chi connectivity index (χ1) is 8.91. The van der Waals surface area contributed by atoms with Gasteiger partial charge in [0.25, 0.3) is 0 Å². The van der Waals surface area contributed by atoms with Crippen LogP contribution in [0.5, 0.6) is 0 Å². The van der Waals surface area contributed by atoms with Crippen molar-refractivity contribution >= 4 is 23.5 Å². The van der Waals surface area contributed by atoms with Gasteiger partial charge < -0.3 is 15.1 Å². The number of anilines is 1. The number of aromatic carboxylic acids is 1. The standard InChI is InChI=1S/C12H10FNO5/c13-7-2-1-3-8(10(7)12(18)19)14-5-6(11(16)17)4-9(14)15/h1-3,6H,4-5H2,(H,16,17)(H,18,19). The lowest BCUT2D eigenvalue weighted by Gasteiger charge is -2.18. The number of amides is 1. The van der Waals surface area contributed by atoms with E-state index >= 15 is 0 Å². The van der Waals surface area contributed by atoms with Crippen LogP contribution >= 0.6 is 0 Å². The molecule has 0 saturated carbocycles. The highest BCUT2D eigenvalue weighted by atomic mass is 19.1. The first-order valence-electron chi connectivity index (χ1n) is 5.46. The molecule has 2 rings (SSSR count). The summed E-state index contributed by atoms with van der Waals surface area (Å²) < 4.78 is 13.5. The van der Waals surface area contributed by atoms with Gasteiger partial charge in [-0.25, -0.2) is 9.18 Å². The van der Waals surface area contributed by atoms with Gasteiger partial charge in [-0.3, -0.25) is 9.59 Å². The molecule has 0 spiro atoms. The molecule has 100 valence electrons. The average Bonchev–Trinajstić information content (AvgIpc) is 2.70. The van der Waals surface area contributed by atoms with Gasteiger partial charge >= 0.3 is 11.9 Å². The molecule has 1 aliphatic rings. The van der Waals surface area contributed by atoms with E-state index in [-0.39, 0.29) is 18.7 Å². The number of halogens is 1. The molecule has 1 heterocycles. The van der Waals surface area contributed by atoms with Gasteiger partial charge in [-0.15, -0.1) is 0 Å². The smallest absolute Gasteiger partial charge is 0.340 e. The van der Waals surface area contributed by atoms with E-state index in [1.54, 1.807) is 0 Å². The zero-order valence-corrected chi connectivity index (χ0v) is 9.67. The highest BCUT2D eigenvalue weighted by molar-refractivity contribution is 6.04. The first-order valence-corrected chi connectivity index (χ1v) is 5.46. The Labute approximate surface area is 107 Å². The normalized spacial score (nSPS) is 18.7. The molecule has 1 saturated heterocycles. The largest absolute Gasteiger partial charge is 0.481 e. The summed E-state index contributed by atoms with van der Waals surface area (Å²) in [4.78, 5) is 34.6. The molecule has 0 radical (unpaired) electrons. The number of aliphatic carboxylic acids is 1. The van der Waals surface area contributed by atoms with E-state index in [0.29, 0.717) is 0 Å². The van der Waals surface area contributed by atoms with Gasteiger partial charge in [-0.05, 0) is 12.1 Å². The Morgan fingerprint density at radius 2 is 2.00 bits per heavy atom. The van der Waals surface area contributed by atoms with Crippen LogP contribution < -0.4 is 4.90 Å². The second-order valence-electron chi connectivity index (χ2n) is 4.18. The summed E-state index contributed by atoms with van der Waals surface area (Å²) in [5, 5.41) is 17.8. The molecule has 0 aliphatic carbocycles.